The van der Waals surface area contributed by atoms with Gasteiger partial charge in [-0.15, -0.1) is 0 Å². The summed E-state index contributed by atoms with van der Waals surface area (Å²) in [4.78, 5) is 0. The largest absolute Gasteiger partial charge is 0.388 e. The molecule has 0 aromatic heterocycles. The van der Waals surface area contributed by atoms with Gasteiger partial charge in [0.1, 0.15) is 0 Å². The van der Waals surface area contributed by atoms with Crippen molar-refractivity contribution in [3.8, 4) is 0 Å². The molecule has 0 spiro atoms. The molecular formula is C12H20O. The van der Waals surface area contributed by atoms with Crippen LogP contribution in [0.2, 0.25) is 0 Å². The van der Waals surface area contributed by atoms with Gasteiger partial charge in [-0.1, -0.05) is 51.5 Å². The fraction of sp³-hybridized carbons (Fsp3) is 0.667. The van der Waals surface area contributed by atoms with Gasteiger partial charge in [0.05, 0.1) is 6.10 Å². The monoisotopic (exact) mass is 180 g/mol. The Bertz CT molecular complexity index is 255. The number of allylic oxidation sites excluding steroid dienone is 2. The van der Waals surface area contributed by atoms with Gasteiger partial charge in [-0.2, -0.15) is 0 Å². The van der Waals surface area contributed by atoms with Gasteiger partial charge in [0.15, 0.2) is 0 Å². The lowest BCUT2D eigenvalue weighted by atomic mass is 9.62. The third-order valence-electron chi connectivity index (χ3n) is 3.30. The summed E-state index contributed by atoms with van der Waals surface area (Å²) in [6, 6.07) is 0. The van der Waals surface area contributed by atoms with Crippen molar-refractivity contribution in [1.82, 2.24) is 0 Å². The minimum Gasteiger partial charge on any atom is -0.388 e. The molecule has 0 aromatic rings. The highest BCUT2D eigenvalue weighted by Gasteiger charge is 2.41. The van der Waals surface area contributed by atoms with Gasteiger partial charge in [-0.25, -0.2) is 0 Å². The summed E-state index contributed by atoms with van der Waals surface area (Å²) in [7, 11) is 0. The molecule has 0 saturated heterocycles. The molecule has 0 aromatic carbocycles. The highest BCUT2D eigenvalue weighted by Crippen LogP contribution is 2.45. The van der Waals surface area contributed by atoms with Gasteiger partial charge in [-0.3, -0.25) is 0 Å². The molecule has 0 aliphatic heterocycles. The molecule has 2 atom stereocenters. The van der Waals surface area contributed by atoms with Crippen molar-refractivity contribution in [2.75, 3.05) is 0 Å². The molecule has 0 heterocycles. The second-order valence-corrected chi connectivity index (χ2v) is 5.23. The van der Waals surface area contributed by atoms with E-state index in [-0.39, 0.29) is 16.9 Å². The van der Waals surface area contributed by atoms with E-state index in [4.69, 9.17) is 0 Å². The maximum atomic E-state index is 9.95. The summed E-state index contributed by atoms with van der Waals surface area (Å²) >= 11 is 0. The molecule has 1 heteroatoms. The molecule has 0 fully saturated rings. The molecule has 0 amide bonds. The third-order valence-corrected chi connectivity index (χ3v) is 3.30. The second-order valence-electron chi connectivity index (χ2n) is 5.23. The van der Waals surface area contributed by atoms with E-state index >= 15 is 0 Å². The Morgan fingerprint density at radius 2 is 1.92 bits per heavy atom. The molecule has 1 aliphatic carbocycles. The normalized spacial score (nSPS) is 34.6. The average Bonchev–Trinajstić information content (AvgIpc) is 1.95. The highest BCUT2D eigenvalue weighted by atomic mass is 16.3. The third kappa shape index (κ3) is 1.71. The molecule has 0 saturated carbocycles. The predicted molar refractivity (Wildman–Crippen MR) is 56.5 cm³/mol. The lowest BCUT2D eigenvalue weighted by molar-refractivity contribution is 0.0245. The van der Waals surface area contributed by atoms with Crippen LogP contribution in [0.5, 0.6) is 0 Å². The van der Waals surface area contributed by atoms with Crippen LogP contribution in [0.15, 0.2) is 23.8 Å². The SMILES string of the molecule is CC1=CC(C)(C(C)(C)C)C(O)C=C1. The van der Waals surface area contributed by atoms with E-state index in [1.165, 1.54) is 5.57 Å². The maximum absolute atomic E-state index is 9.95. The highest BCUT2D eigenvalue weighted by molar-refractivity contribution is 5.29. The van der Waals surface area contributed by atoms with E-state index in [9.17, 15) is 5.11 Å². The van der Waals surface area contributed by atoms with E-state index in [0.29, 0.717) is 0 Å². The van der Waals surface area contributed by atoms with Crippen molar-refractivity contribution < 1.29 is 5.11 Å². The van der Waals surface area contributed by atoms with Gasteiger partial charge in [-0.05, 0) is 12.3 Å². The van der Waals surface area contributed by atoms with Gasteiger partial charge in [0.25, 0.3) is 0 Å². The first kappa shape index (κ1) is 10.5. The van der Waals surface area contributed by atoms with Gasteiger partial charge < -0.3 is 5.11 Å². The van der Waals surface area contributed by atoms with Crippen molar-refractivity contribution >= 4 is 0 Å². The maximum Gasteiger partial charge on any atom is 0.0817 e. The van der Waals surface area contributed by atoms with Crippen LogP contribution in [0.25, 0.3) is 0 Å². The summed E-state index contributed by atoms with van der Waals surface area (Å²) in [6.45, 7) is 10.7. The Balaban J connectivity index is 3.09. The molecule has 1 nitrogen and oxygen atoms in total. The van der Waals surface area contributed by atoms with Crippen LogP contribution < -0.4 is 0 Å². The van der Waals surface area contributed by atoms with Crippen LogP contribution in [0.4, 0.5) is 0 Å². The van der Waals surface area contributed by atoms with Crippen molar-refractivity contribution in [1.29, 1.82) is 0 Å². The Labute approximate surface area is 81.2 Å². The summed E-state index contributed by atoms with van der Waals surface area (Å²) in [5.74, 6) is 0. The second kappa shape index (κ2) is 2.98. The minimum absolute atomic E-state index is 0.0818. The molecule has 0 bridgehead atoms. The molecule has 13 heavy (non-hydrogen) atoms. The van der Waals surface area contributed by atoms with Crippen LogP contribution in [-0.2, 0) is 0 Å². The van der Waals surface area contributed by atoms with Gasteiger partial charge >= 0.3 is 0 Å². The lowest BCUT2D eigenvalue weighted by Crippen LogP contribution is -2.42. The molecule has 1 rings (SSSR count). The number of aliphatic hydroxyl groups is 1. The van der Waals surface area contributed by atoms with Crippen molar-refractivity contribution in [2.45, 2.75) is 40.7 Å². The van der Waals surface area contributed by atoms with E-state index in [2.05, 4.69) is 40.7 Å². The number of hydrogen-bond donors (Lipinski definition) is 1. The first-order chi connectivity index (χ1) is 5.77. The number of hydrogen-bond acceptors (Lipinski definition) is 1. The van der Waals surface area contributed by atoms with Gasteiger partial charge in [0.2, 0.25) is 0 Å². The van der Waals surface area contributed by atoms with Crippen molar-refractivity contribution in [2.24, 2.45) is 10.8 Å². The van der Waals surface area contributed by atoms with E-state index in [0.717, 1.165) is 0 Å². The summed E-state index contributed by atoms with van der Waals surface area (Å²) < 4.78 is 0. The van der Waals surface area contributed by atoms with Crippen LogP contribution >= 0.6 is 0 Å². The molecule has 0 radical (unpaired) electrons. The summed E-state index contributed by atoms with van der Waals surface area (Å²) in [5.41, 5.74) is 1.17. The standard InChI is InChI=1S/C12H20O/c1-9-6-7-10(13)12(5,8-9)11(2,3)4/h6-8,10,13H,1-5H3. The molecular weight excluding hydrogens is 160 g/mol. The van der Waals surface area contributed by atoms with Crippen LogP contribution in [-0.4, -0.2) is 11.2 Å². The Morgan fingerprint density at radius 3 is 2.31 bits per heavy atom. The first-order valence-electron chi connectivity index (χ1n) is 4.83. The Hall–Kier alpha value is -0.560. The zero-order valence-electron chi connectivity index (χ0n) is 9.26. The topological polar surface area (TPSA) is 20.2 Å². The van der Waals surface area contributed by atoms with Gasteiger partial charge in [0, 0.05) is 5.41 Å². The van der Waals surface area contributed by atoms with Crippen molar-refractivity contribution in [3.05, 3.63) is 23.8 Å². The van der Waals surface area contributed by atoms with Crippen LogP contribution in [0, 0.1) is 10.8 Å². The summed E-state index contributed by atoms with van der Waals surface area (Å²) in [5, 5.41) is 9.95. The number of aliphatic hydroxyl groups excluding tert-OH is 1. The molecule has 2 unspecified atom stereocenters. The average molecular weight is 180 g/mol. The number of rotatable bonds is 0. The quantitative estimate of drug-likeness (QED) is 0.607. The fourth-order valence-electron chi connectivity index (χ4n) is 1.71. The fourth-order valence-corrected chi connectivity index (χ4v) is 1.71. The zero-order chi connectivity index (χ0) is 10.3. The molecule has 74 valence electrons. The summed E-state index contributed by atoms with van der Waals surface area (Å²) in [6.07, 6.45) is 5.69. The molecule has 1 N–H and O–H groups in total. The van der Waals surface area contributed by atoms with Crippen LogP contribution in [0.3, 0.4) is 0 Å². The minimum atomic E-state index is -0.365. The van der Waals surface area contributed by atoms with Crippen LogP contribution in [0.1, 0.15) is 34.6 Å². The van der Waals surface area contributed by atoms with E-state index in [1.807, 2.05) is 12.2 Å². The zero-order valence-corrected chi connectivity index (χ0v) is 9.26. The molecule has 1 aliphatic rings. The van der Waals surface area contributed by atoms with E-state index < -0.39 is 0 Å². The predicted octanol–water partition coefficient (Wildman–Crippen LogP) is 2.92. The van der Waals surface area contributed by atoms with Crippen molar-refractivity contribution in [3.63, 3.8) is 0 Å². The smallest absolute Gasteiger partial charge is 0.0817 e. The Morgan fingerprint density at radius 1 is 1.38 bits per heavy atom. The van der Waals surface area contributed by atoms with E-state index in [1.54, 1.807) is 0 Å². The first-order valence-corrected chi connectivity index (χ1v) is 4.83. The lowest BCUT2D eigenvalue weighted by Gasteiger charge is -2.44. The Kier molecular flexibility index (Phi) is 2.42.